The lowest BCUT2D eigenvalue weighted by Crippen LogP contribution is -2.55. The maximum absolute atomic E-state index is 11.8. The molecule has 1 saturated heterocycles. The number of urea groups is 1. The number of nitrogens with zero attached hydrogens (tertiary/aromatic N) is 1. The molecule has 1 aliphatic rings. The highest BCUT2D eigenvalue weighted by molar-refractivity contribution is 5.97. The van der Waals surface area contributed by atoms with Crippen LogP contribution in [0.2, 0.25) is 0 Å². The molecule has 1 heterocycles. The summed E-state index contributed by atoms with van der Waals surface area (Å²) < 4.78 is 0. The highest BCUT2D eigenvalue weighted by Gasteiger charge is 2.32. The van der Waals surface area contributed by atoms with Gasteiger partial charge in [0, 0.05) is 13.1 Å². The topological polar surface area (TPSA) is 49.4 Å². The molecule has 1 aliphatic heterocycles. The van der Waals surface area contributed by atoms with E-state index in [9.17, 15) is 9.59 Å². The second-order valence-corrected chi connectivity index (χ2v) is 6.20. The van der Waals surface area contributed by atoms with Crippen molar-refractivity contribution >= 4 is 11.9 Å². The lowest BCUT2D eigenvalue weighted by atomic mass is 9.86. The van der Waals surface area contributed by atoms with Gasteiger partial charge in [0.25, 0.3) is 0 Å². The van der Waals surface area contributed by atoms with E-state index < -0.39 is 0 Å². The van der Waals surface area contributed by atoms with Crippen LogP contribution in [0.25, 0.3) is 0 Å². The van der Waals surface area contributed by atoms with Crippen molar-refractivity contribution in [3.8, 4) is 0 Å². The van der Waals surface area contributed by atoms with Crippen LogP contribution < -0.4 is 5.32 Å². The number of unbranched alkanes of at least 4 members (excludes halogenated alkanes) is 2. The van der Waals surface area contributed by atoms with Gasteiger partial charge in [-0.2, -0.15) is 0 Å². The molecule has 1 rings (SSSR count). The Morgan fingerprint density at radius 2 is 2.00 bits per heavy atom. The Hall–Kier alpha value is -1.06. The average molecular weight is 254 g/mol. The highest BCUT2D eigenvalue weighted by atomic mass is 16.2. The van der Waals surface area contributed by atoms with E-state index in [1.165, 1.54) is 19.3 Å². The van der Waals surface area contributed by atoms with Gasteiger partial charge in [0.1, 0.15) is 0 Å². The zero-order valence-electron chi connectivity index (χ0n) is 12.1. The first kappa shape index (κ1) is 15.0. The Bertz CT molecular complexity index is 313. The molecule has 18 heavy (non-hydrogen) atoms. The van der Waals surface area contributed by atoms with Crippen LogP contribution in [0.4, 0.5) is 4.79 Å². The van der Waals surface area contributed by atoms with E-state index in [4.69, 9.17) is 0 Å². The third-order valence-electron chi connectivity index (χ3n) is 3.54. The van der Waals surface area contributed by atoms with E-state index in [1.54, 1.807) is 4.90 Å². The fourth-order valence-corrected chi connectivity index (χ4v) is 2.39. The molecule has 3 amide bonds. The Labute approximate surface area is 110 Å². The van der Waals surface area contributed by atoms with Crippen molar-refractivity contribution in [2.24, 2.45) is 11.3 Å². The largest absolute Gasteiger partial charge is 0.324 e. The van der Waals surface area contributed by atoms with Crippen LogP contribution in [-0.2, 0) is 4.79 Å². The predicted octanol–water partition coefficient (Wildman–Crippen LogP) is 2.78. The van der Waals surface area contributed by atoms with Gasteiger partial charge in [-0.25, -0.2) is 4.79 Å². The quantitative estimate of drug-likeness (QED) is 0.741. The maximum Gasteiger partial charge on any atom is 0.324 e. The maximum atomic E-state index is 11.8. The number of amides is 3. The van der Waals surface area contributed by atoms with Crippen molar-refractivity contribution in [3.63, 3.8) is 0 Å². The fraction of sp³-hybridized carbons (Fsp3) is 0.857. The van der Waals surface area contributed by atoms with Crippen LogP contribution in [-0.4, -0.2) is 29.9 Å². The molecule has 0 aromatic heterocycles. The van der Waals surface area contributed by atoms with Crippen molar-refractivity contribution in [1.29, 1.82) is 0 Å². The number of carbonyl (C=O) groups excluding carboxylic acids is 2. The lowest BCUT2D eigenvalue weighted by molar-refractivity contribution is -0.125. The van der Waals surface area contributed by atoms with Gasteiger partial charge in [-0.1, -0.05) is 47.0 Å². The molecule has 1 fully saturated rings. The molecule has 0 spiro atoms. The molecular formula is C14H26N2O2. The smallest absolute Gasteiger partial charge is 0.323 e. The van der Waals surface area contributed by atoms with E-state index in [0.717, 1.165) is 13.0 Å². The fourth-order valence-electron chi connectivity index (χ4n) is 2.39. The summed E-state index contributed by atoms with van der Waals surface area (Å²) in [6, 6.07) is -0.235. The van der Waals surface area contributed by atoms with Crippen molar-refractivity contribution in [1.82, 2.24) is 10.2 Å². The summed E-state index contributed by atoms with van der Waals surface area (Å²) in [5, 5.41) is 2.42. The molecule has 0 radical (unpaired) electrons. The molecule has 1 atom stereocenters. The third kappa shape index (κ3) is 4.31. The standard InChI is InChI=1S/C14H26N2O2/c1-5-6-7-8-14(3,4)10-16-9-11(2)12(17)15-13(16)18/h11H,5-10H2,1-4H3,(H,15,17,18). The van der Waals surface area contributed by atoms with Gasteiger partial charge < -0.3 is 4.90 Å². The Balaban J connectivity index is 2.49. The number of hydrogen-bond donors (Lipinski definition) is 1. The van der Waals surface area contributed by atoms with Gasteiger partial charge in [-0.3, -0.25) is 10.1 Å². The van der Waals surface area contributed by atoms with E-state index in [1.807, 2.05) is 6.92 Å². The van der Waals surface area contributed by atoms with Crippen molar-refractivity contribution in [3.05, 3.63) is 0 Å². The molecule has 0 aliphatic carbocycles. The average Bonchev–Trinajstić information content (AvgIpc) is 2.26. The summed E-state index contributed by atoms with van der Waals surface area (Å²) in [6.45, 7) is 9.70. The minimum Gasteiger partial charge on any atom is -0.323 e. The molecule has 4 nitrogen and oxygen atoms in total. The molecule has 1 N–H and O–H groups in total. The van der Waals surface area contributed by atoms with E-state index >= 15 is 0 Å². The summed E-state index contributed by atoms with van der Waals surface area (Å²) >= 11 is 0. The number of hydrogen-bond acceptors (Lipinski definition) is 2. The zero-order valence-corrected chi connectivity index (χ0v) is 12.1. The molecule has 0 aromatic rings. The number of carbonyl (C=O) groups is 2. The SMILES string of the molecule is CCCCCC(C)(C)CN1CC(C)C(=O)NC1=O. The summed E-state index contributed by atoms with van der Waals surface area (Å²) in [5.74, 6) is -0.255. The summed E-state index contributed by atoms with van der Waals surface area (Å²) in [5.41, 5.74) is 0.118. The van der Waals surface area contributed by atoms with Crippen molar-refractivity contribution < 1.29 is 9.59 Å². The monoisotopic (exact) mass is 254 g/mol. The van der Waals surface area contributed by atoms with E-state index in [0.29, 0.717) is 6.54 Å². The molecule has 4 heteroatoms. The molecule has 0 saturated carbocycles. The second-order valence-electron chi connectivity index (χ2n) is 6.20. The van der Waals surface area contributed by atoms with Crippen LogP contribution in [0, 0.1) is 11.3 Å². The molecule has 1 unspecified atom stereocenters. The third-order valence-corrected chi connectivity index (χ3v) is 3.54. The van der Waals surface area contributed by atoms with E-state index in [2.05, 4.69) is 26.1 Å². The summed E-state index contributed by atoms with van der Waals surface area (Å²) in [7, 11) is 0. The van der Waals surface area contributed by atoms with Crippen molar-refractivity contribution in [2.75, 3.05) is 13.1 Å². The Kier molecular flexibility index (Phi) is 5.17. The lowest BCUT2D eigenvalue weighted by Gasteiger charge is -2.36. The van der Waals surface area contributed by atoms with Crippen molar-refractivity contribution in [2.45, 2.75) is 53.4 Å². The van der Waals surface area contributed by atoms with Gasteiger partial charge in [0.05, 0.1) is 5.92 Å². The van der Waals surface area contributed by atoms with Gasteiger partial charge in [0.2, 0.25) is 5.91 Å². The number of rotatable bonds is 6. The first-order chi connectivity index (χ1) is 8.35. The Morgan fingerprint density at radius 3 is 2.61 bits per heavy atom. The number of nitrogens with one attached hydrogen (secondary N) is 1. The summed E-state index contributed by atoms with van der Waals surface area (Å²) in [6.07, 6.45) is 4.77. The minimum absolute atomic E-state index is 0.103. The highest BCUT2D eigenvalue weighted by Crippen LogP contribution is 2.26. The second kappa shape index (κ2) is 6.21. The van der Waals surface area contributed by atoms with Gasteiger partial charge in [-0.15, -0.1) is 0 Å². The molecular weight excluding hydrogens is 228 g/mol. The predicted molar refractivity (Wildman–Crippen MR) is 72.2 cm³/mol. The van der Waals surface area contributed by atoms with Crippen LogP contribution in [0.1, 0.15) is 53.4 Å². The molecule has 0 bridgehead atoms. The van der Waals surface area contributed by atoms with Crippen LogP contribution in [0.3, 0.4) is 0 Å². The summed E-state index contributed by atoms with van der Waals surface area (Å²) in [4.78, 5) is 24.9. The van der Waals surface area contributed by atoms with Crippen LogP contribution >= 0.6 is 0 Å². The number of imide groups is 1. The Morgan fingerprint density at radius 1 is 1.33 bits per heavy atom. The first-order valence-corrected chi connectivity index (χ1v) is 6.95. The van der Waals surface area contributed by atoms with Crippen LogP contribution in [0.5, 0.6) is 0 Å². The van der Waals surface area contributed by atoms with E-state index in [-0.39, 0.29) is 23.3 Å². The first-order valence-electron chi connectivity index (χ1n) is 6.95. The van der Waals surface area contributed by atoms with Gasteiger partial charge >= 0.3 is 6.03 Å². The van der Waals surface area contributed by atoms with Gasteiger partial charge in [0.15, 0.2) is 0 Å². The molecule has 0 aromatic carbocycles. The van der Waals surface area contributed by atoms with Crippen LogP contribution in [0.15, 0.2) is 0 Å². The normalized spacial score (nSPS) is 21.1. The minimum atomic E-state index is -0.235. The van der Waals surface area contributed by atoms with Gasteiger partial charge in [-0.05, 0) is 11.8 Å². The zero-order chi connectivity index (χ0) is 13.8. The molecule has 104 valence electrons.